The van der Waals surface area contributed by atoms with Crippen LogP contribution in [0.25, 0.3) is 10.8 Å². The predicted octanol–water partition coefficient (Wildman–Crippen LogP) is 5.63. The minimum absolute atomic E-state index is 0.157. The van der Waals surface area contributed by atoms with E-state index in [0.29, 0.717) is 11.3 Å². The third-order valence-corrected chi connectivity index (χ3v) is 5.75. The minimum atomic E-state index is -0.350. The van der Waals surface area contributed by atoms with Crippen LogP contribution in [0, 0.1) is 0 Å². The van der Waals surface area contributed by atoms with Crippen molar-refractivity contribution < 1.29 is 14.6 Å². The summed E-state index contributed by atoms with van der Waals surface area (Å²) < 4.78 is 5.75. The normalized spacial score (nSPS) is 10.8. The quantitative estimate of drug-likeness (QED) is 0.336. The second-order valence-corrected chi connectivity index (χ2v) is 7.72. The van der Waals surface area contributed by atoms with Gasteiger partial charge in [-0.25, -0.2) is 0 Å². The number of aliphatic hydroxyl groups excluding tert-OH is 1. The number of carbonyl (C=O) groups is 1. The second-order valence-electron chi connectivity index (χ2n) is 6.61. The fourth-order valence-electron chi connectivity index (χ4n) is 3.20. The number of hydrogen-bond donors (Lipinski definition) is 1. The molecule has 0 saturated carbocycles. The second kappa shape index (κ2) is 8.95. The molecule has 4 aromatic carbocycles. The van der Waals surface area contributed by atoms with Crippen LogP contribution in [-0.4, -0.2) is 11.1 Å². The van der Waals surface area contributed by atoms with Crippen molar-refractivity contribution >= 4 is 28.5 Å². The molecule has 4 heteroatoms. The molecule has 0 bridgehead atoms. The molecule has 0 saturated heterocycles. The van der Waals surface area contributed by atoms with Crippen molar-refractivity contribution in [2.75, 3.05) is 0 Å². The molecule has 3 nitrogen and oxygen atoms in total. The number of rotatable bonds is 6. The van der Waals surface area contributed by atoms with E-state index >= 15 is 0 Å². The molecule has 0 aromatic heterocycles. The first-order valence-corrected chi connectivity index (χ1v) is 10.2. The third kappa shape index (κ3) is 4.50. The molecule has 4 rings (SSSR count). The van der Waals surface area contributed by atoms with Gasteiger partial charge in [0.1, 0.15) is 5.75 Å². The molecule has 29 heavy (non-hydrogen) atoms. The zero-order valence-electron chi connectivity index (χ0n) is 15.7. The van der Waals surface area contributed by atoms with Crippen molar-refractivity contribution in [3.8, 4) is 5.75 Å². The van der Waals surface area contributed by atoms with E-state index in [1.807, 2.05) is 84.9 Å². The van der Waals surface area contributed by atoms with Crippen molar-refractivity contribution in [1.82, 2.24) is 0 Å². The van der Waals surface area contributed by atoms with Crippen molar-refractivity contribution in [2.24, 2.45) is 0 Å². The van der Waals surface area contributed by atoms with E-state index in [-0.39, 0.29) is 19.0 Å². The fraction of sp³-hybridized carbons (Fsp3) is 0.0800. The summed E-state index contributed by atoms with van der Waals surface area (Å²) >= 11 is 1.62. The Morgan fingerprint density at radius 3 is 2.34 bits per heavy atom. The van der Waals surface area contributed by atoms with Crippen molar-refractivity contribution in [1.29, 1.82) is 0 Å². The lowest BCUT2D eigenvalue weighted by Crippen LogP contribution is -2.13. The molecule has 0 spiro atoms. The Balaban J connectivity index is 1.58. The summed E-state index contributed by atoms with van der Waals surface area (Å²) in [7, 11) is 0. The maximum Gasteiger partial charge on any atom is 0.315 e. The number of fused-ring (bicyclic) bond motifs is 1. The Morgan fingerprint density at radius 2 is 1.52 bits per heavy atom. The van der Waals surface area contributed by atoms with E-state index in [4.69, 9.17) is 4.74 Å². The first-order valence-electron chi connectivity index (χ1n) is 9.37. The Bertz CT molecular complexity index is 1140. The van der Waals surface area contributed by atoms with Gasteiger partial charge in [-0.15, -0.1) is 0 Å². The topological polar surface area (TPSA) is 46.5 Å². The van der Waals surface area contributed by atoms with E-state index in [0.717, 1.165) is 26.1 Å². The van der Waals surface area contributed by atoms with Gasteiger partial charge in [-0.1, -0.05) is 84.6 Å². The molecule has 0 amide bonds. The molecule has 0 aliphatic rings. The van der Waals surface area contributed by atoms with E-state index in [1.165, 1.54) is 0 Å². The highest BCUT2D eigenvalue weighted by molar-refractivity contribution is 7.99. The smallest absolute Gasteiger partial charge is 0.315 e. The van der Waals surface area contributed by atoms with Crippen LogP contribution in [0.15, 0.2) is 101 Å². The Morgan fingerprint density at radius 1 is 0.793 bits per heavy atom. The number of esters is 1. The van der Waals surface area contributed by atoms with Gasteiger partial charge in [-0.05, 0) is 29.1 Å². The van der Waals surface area contributed by atoms with Gasteiger partial charge in [0.05, 0.1) is 13.0 Å². The molecule has 0 aliphatic heterocycles. The lowest BCUT2D eigenvalue weighted by molar-refractivity contribution is -0.133. The van der Waals surface area contributed by atoms with Gasteiger partial charge in [0, 0.05) is 20.7 Å². The summed E-state index contributed by atoms with van der Waals surface area (Å²) in [5.74, 6) is 0.0842. The van der Waals surface area contributed by atoms with E-state index in [1.54, 1.807) is 17.8 Å². The fourth-order valence-corrected chi connectivity index (χ4v) is 4.17. The van der Waals surface area contributed by atoms with Crippen LogP contribution in [0.4, 0.5) is 0 Å². The Labute approximate surface area is 174 Å². The van der Waals surface area contributed by atoms with Gasteiger partial charge in [0.2, 0.25) is 0 Å². The predicted molar refractivity (Wildman–Crippen MR) is 116 cm³/mol. The molecule has 0 fully saturated rings. The molecular weight excluding hydrogens is 380 g/mol. The number of benzene rings is 4. The SMILES string of the molecule is O=C(Cc1ccccc1Sc1ccccc1)Oc1c(CO)ccc2ccccc12. The summed E-state index contributed by atoms with van der Waals surface area (Å²) in [5, 5.41) is 11.5. The highest BCUT2D eigenvalue weighted by atomic mass is 32.2. The number of ether oxygens (including phenoxy) is 1. The van der Waals surface area contributed by atoms with Crippen LogP contribution < -0.4 is 4.74 Å². The van der Waals surface area contributed by atoms with Crippen molar-refractivity contribution in [3.05, 3.63) is 102 Å². The molecule has 4 aromatic rings. The van der Waals surface area contributed by atoms with Gasteiger partial charge < -0.3 is 9.84 Å². The molecule has 0 aliphatic carbocycles. The highest BCUT2D eigenvalue weighted by Gasteiger charge is 2.15. The number of hydrogen-bond acceptors (Lipinski definition) is 4. The first kappa shape index (κ1) is 19.2. The van der Waals surface area contributed by atoms with E-state index < -0.39 is 0 Å². The summed E-state index contributed by atoms with van der Waals surface area (Å²) in [6, 6.07) is 29.3. The zero-order chi connectivity index (χ0) is 20.1. The third-order valence-electron chi connectivity index (χ3n) is 4.63. The average molecular weight is 400 g/mol. The van der Waals surface area contributed by atoms with Gasteiger partial charge in [-0.3, -0.25) is 4.79 Å². The summed E-state index contributed by atoms with van der Waals surface area (Å²) in [5.41, 5.74) is 1.51. The molecule has 0 atom stereocenters. The Kier molecular flexibility index (Phi) is 5.94. The van der Waals surface area contributed by atoms with Crippen LogP contribution in [0.1, 0.15) is 11.1 Å². The standard InChI is InChI=1S/C25H20O3S/c26-17-20-15-14-18-8-4-6-12-22(18)25(20)28-24(27)16-19-9-5-7-13-23(19)29-21-10-2-1-3-11-21/h1-15,26H,16-17H2. The molecule has 144 valence electrons. The maximum atomic E-state index is 12.8. The molecule has 1 N–H and O–H groups in total. The van der Waals surface area contributed by atoms with Crippen LogP contribution >= 0.6 is 11.8 Å². The Hall–Kier alpha value is -3.08. The summed E-state index contributed by atoms with van der Waals surface area (Å²) in [6.45, 7) is -0.187. The molecule has 0 unspecified atom stereocenters. The van der Waals surface area contributed by atoms with Crippen molar-refractivity contribution in [3.63, 3.8) is 0 Å². The number of aliphatic hydroxyl groups is 1. The maximum absolute atomic E-state index is 12.8. The largest absolute Gasteiger partial charge is 0.425 e. The van der Waals surface area contributed by atoms with Gasteiger partial charge >= 0.3 is 5.97 Å². The molecular formula is C25H20O3S. The lowest BCUT2D eigenvalue weighted by atomic mass is 10.1. The van der Waals surface area contributed by atoms with Gasteiger partial charge in [-0.2, -0.15) is 0 Å². The van der Waals surface area contributed by atoms with Crippen LogP contribution in [-0.2, 0) is 17.8 Å². The van der Waals surface area contributed by atoms with E-state index in [2.05, 4.69) is 0 Å². The summed E-state index contributed by atoms with van der Waals surface area (Å²) in [4.78, 5) is 14.9. The van der Waals surface area contributed by atoms with Crippen LogP contribution in [0.5, 0.6) is 5.75 Å². The van der Waals surface area contributed by atoms with E-state index in [9.17, 15) is 9.90 Å². The minimum Gasteiger partial charge on any atom is -0.425 e. The molecule has 0 heterocycles. The first-order chi connectivity index (χ1) is 14.2. The average Bonchev–Trinajstić information content (AvgIpc) is 2.76. The molecule has 0 radical (unpaired) electrons. The van der Waals surface area contributed by atoms with Gasteiger partial charge in [0.15, 0.2) is 0 Å². The monoisotopic (exact) mass is 400 g/mol. The number of carbonyl (C=O) groups excluding carboxylic acids is 1. The van der Waals surface area contributed by atoms with Crippen molar-refractivity contribution in [2.45, 2.75) is 22.8 Å². The van der Waals surface area contributed by atoms with Crippen LogP contribution in [0.3, 0.4) is 0 Å². The zero-order valence-corrected chi connectivity index (χ0v) is 16.6. The van der Waals surface area contributed by atoms with Crippen LogP contribution in [0.2, 0.25) is 0 Å². The van der Waals surface area contributed by atoms with Gasteiger partial charge in [0.25, 0.3) is 0 Å². The summed E-state index contributed by atoms with van der Waals surface area (Å²) in [6.07, 6.45) is 0.157. The lowest BCUT2D eigenvalue weighted by Gasteiger charge is -2.13. The highest BCUT2D eigenvalue weighted by Crippen LogP contribution is 2.32.